The molecule has 6 atom stereocenters. The van der Waals surface area contributed by atoms with Crippen LogP contribution in [0, 0.1) is 0 Å². The standard InChI is InChI=1S/C20H27N7O7/c1-2-3-4-5-11(30)21-6-12(31)26-13-15(32)16(33)20(34-17(13)10(29)7-28)27-19-14-18(23-8-22-14)24-9-25-19/h2-5,8-10,13,15-17,20,28-29,32-33H,6-7H2,1H3,(H,21,30)(H,26,31)(H2,22,23,24,25,27)/b3-2+,5-4+. The van der Waals surface area contributed by atoms with Gasteiger partial charge in [-0.05, 0) is 6.92 Å². The smallest absolute Gasteiger partial charge is 0.244 e. The molecule has 1 aliphatic heterocycles. The summed E-state index contributed by atoms with van der Waals surface area (Å²) in [7, 11) is 0. The first-order chi connectivity index (χ1) is 16.3. The summed E-state index contributed by atoms with van der Waals surface area (Å²) >= 11 is 0. The number of aromatic nitrogens is 4. The Balaban J connectivity index is 1.69. The van der Waals surface area contributed by atoms with Crippen LogP contribution in [0.5, 0.6) is 0 Å². The van der Waals surface area contributed by atoms with Gasteiger partial charge in [-0.15, -0.1) is 0 Å². The highest BCUT2D eigenvalue weighted by atomic mass is 16.5. The molecule has 6 unspecified atom stereocenters. The SMILES string of the molecule is C/C=C/C=C/C(=O)NCC(=O)NC1C(O)C(O)C(Nc2ncnc3nc[nH]c23)OC1C(O)CO. The van der Waals surface area contributed by atoms with Crippen LogP contribution in [0.15, 0.2) is 37.0 Å². The monoisotopic (exact) mass is 477 g/mol. The van der Waals surface area contributed by atoms with Crippen molar-refractivity contribution in [1.29, 1.82) is 0 Å². The molecule has 0 bridgehead atoms. The molecular formula is C20H27N7O7. The molecule has 0 saturated carbocycles. The van der Waals surface area contributed by atoms with E-state index in [-0.39, 0.29) is 5.82 Å². The number of aromatic amines is 1. The number of rotatable bonds is 9. The second-order valence-corrected chi connectivity index (χ2v) is 7.42. The van der Waals surface area contributed by atoms with Crippen LogP contribution in [-0.4, -0.2) is 102 Å². The lowest BCUT2D eigenvalue weighted by molar-refractivity contribution is -0.204. The second kappa shape index (κ2) is 11.6. The van der Waals surface area contributed by atoms with Gasteiger partial charge in [-0.1, -0.05) is 18.2 Å². The van der Waals surface area contributed by atoms with Gasteiger partial charge in [0.2, 0.25) is 11.8 Å². The molecule has 184 valence electrons. The summed E-state index contributed by atoms with van der Waals surface area (Å²) in [5.74, 6) is -1.00. The minimum Gasteiger partial charge on any atom is -0.394 e. The number of aliphatic hydroxyl groups excluding tert-OH is 4. The Bertz CT molecular complexity index is 1040. The maximum absolute atomic E-state index is 12.3. The molecule has 14 heteroatoms. The fourth-order valence-corrected chi connectivity index (χ4v) is 3.37. The Morgan fingerprint density at radius 3 is 2.76 bits per heavy atom. The molecule has 0 spiro atoms. The summed E-state index contributed by atoms with van der Waals surface area (Å²) in [6, 6.07) is -1.30. The maximum Gasteiger partial charge on any atom is 0.244 e. The van der Waals surface area contributed by atoms with E-state index >= 15 is 0 Å². The van der Waals surface area contributed by atoms with E-state index in [4.69, 9.17) is 4.74 Å². The first-order valence-corrected chi connectivity index (χ1v) is 10.4. The van der Waals surface area contributed by atoms with Crippen molar-refractivity contribution >= 4 is 28.8 Å². The fraction of sp³-hybridized carbons (Fsp3) is 0.450. The van der Waals surface area contributed by atoms with E-state index in [0.29, 0.717) is 11.2 Å². The zero-order valence-corrected chi connectivity index (χ0v) is 18.2. The van der Waals surface area contributed by atoms with Crippen LogP contribution >= 0.6 is 0 Å². The number of imidazole rings is 1. The molecule has 3 rings (SSSR count). The normalized spacial score (nSPS) is 26.1. The minimum atomic E-state index is -1.61. The third-order valence-electron chi connectivity index (χ3n) is 5.06. The number of nitrogens with one attached hydrogen (secondary N) is 4. The Morgan fingerprint density at radius 1 is 1.24 bits per heavy atom. The average Bonchev–Trinajstić information content (AvgIpc) is 3.32. The van der Waals surface area contributed by atoms with E-state index in [9.17, 15) is 30.0 Å². The number of nitrogens with zero attached hydrogens (tertiary/aromatic N) is 3. The van der Waals surface area contributed by atoms with Gasteiger partial charge < -0.3 is 46.1 Å². The van der Waals surface area contributed by atoms with Crippen LogP contribution in [0.2, 0.25) is 0 Å². The first-order valence-electron chi connectivity index (χ1n) is 10.4. The van der Waals surface area contributed by atoms with Crippen LogP contribution in [0.4, 0.5) is 5.82 Å². The topological polar surface area (TPSA) is 215 Å². The number of fused-ring (bicyclic) bond motifs is 1. The number of H-pyrrole nitrogens is 1. The van der Waals surface area contributed by atoms with Gasteiger partial charge in [0.05, 0.1) is 25.5 Å². The lowest BCUT2D eigenvalue weighted by Gasteiger charge is -2.44. The Kier molecular flexibility index (Phi) is 8.61. The van der Waals surface area contributed by atoms with Crippen molar-refractivity contribution in [3.8, 4) is 0 Å². The van der Waals surface area contributed by atoms with Crippen LogP contribution in [-0.2, 0) is 14.3 Å². The molecule has 0 aromatic carbocycles. The molecule has 3 heterocycles. The summed E-state index contributed by atoms with van der Waals surface area (Å²) in [4.78, 5) is 38.9. The summed E-state index contributed by atoms with van der Waals surface area (Å²) in [6.45, 7) is 0.614. The third-order valence-corrected chi connectivity index (χ3v) is 5.06. The van der Waals surface area contributed by atoms with Crippen molar-refractivity contribution in [2.75, 3.05) is 18.5 Å². The van der Waals surface area contributed by atoms with E-state index in [1.54, 1.807) is 19.1 Å². The van der Waals surface area contributed by atoms with Crippen molar-refractivity contribution in [3.63, 3.8) is 0 Å². The van der Waals surface area contributed by atoms with Crippen LogP contribution in [0.25, 0.3) is 11.2 Å². The summed E-state index contributed by atoms with van der Waals surface area (Å²) in [6.07, 6.45) is 1.47. The largest absolute Gasteiger partial charge is 0.394 e. The molecule has 8 N–H and O–H groups in total. The van der Waals surface area contributed by atoms with Gasteiger partial charge >= 0.3 is 0 Å². The molecule has 1 fully saturated rings. The Labute approximate surface area is 193 Å². The zero-order valence-electron chi connectivity index (χ0n) is 18.2. The van der Waals surface area contributed by atoms with Crippen molar-refractivity contribution in [1.82, 2.24) is 30.6 Å². The van der Waals surface area contributed by atoms with Crippen molar-refractivity contribution in [3.05, 3.63) is 37.0 Å². The Hall–Kier alpha value is -3.43. The van der Waals surface area contributed by atoms with Crippen LogP contribution < -0.4 is 16.0 Å². The van der Waals surface area contributed by atoms with Crippen molar-refractivity contribution < 1.29 is 34.8 Å². The number of carbonyl (C=O) groups is 2. The molecule has 1 aliphatic rings. The van der Waals surface area contributed by atoms with Gasteiger partial charge in [0.25, 0.3) is 0 Å². The summed E-state index contributed by atoms with van der Waals surface area (Å²) in [5, 5.41) is 48.6. The number of ether oxygens (including phenoxy) is 1. The molecule has 34 heavy (non-hydrogen) atoms. The van der Waals surface area contributed by atoms with Gasteiger partial charge in [0, 0.05) is 6.08 Å². The molecule has 1 saturated heterocycles. The molecule has 2 aromatic heterocycles. The number of carbonyl (C=O) groups excluding carboxylic acids is 2. The van der Waals surface area contributed by atoms with Gasteiger partial charge in [-0.25, -0.2) is 15.0 Å². The number of anilines is 1. The quantitative estimate of drug-likeness (QED) is 0.137. The number of hydrogen-bond acceptors (Lipinski definition) is 11. The van der Waals surface area contributed by atoms with E-state index < -0.39 is 61.7 Å². The highest BCUT2D eigenvalue weighted by Gasteiger charge is 2.48. The lowest BCUT2D eigenvalue weighted by Crippen LogP contribution is -2.68. The molecule has 2 amide bonds. The van der Waals surface area contributed by atoms with Gasteiger partial charge in [-0.2, -0.15) is 0 Å². The Morgan fingerprint density at radius 2 is 2.03 bits per heavy atom. The van der Waals surface area contributed by atoms with Gasteiger partial charge in [-0.3, -0.25) is 9.59 Å². The van der Waals surface area contributed by atoms with E-state index in [2.05, 4.69) is 35.9 Å². The number of allylic oxidation sites excluding steroid dienone is 3. The summed E-state index contributed by atoms with van der Waals surface area (Å²) < 4.78 is 5.71. The zero-order chi connectivity index (χ0) is 24.7. The first kappa shape index (κ1) is 25.2. The highest BCUT2D eigenvalue weighted by molar-refractivity contribution is 5.91. The molecule has 0 aliphatic carbocycles. The predicted molar refractivity (Wildman–Crippen MR) is 118 cm³/mol. The molecular weight excluding hydrogens is 450 g/mol. The van der Waals surface area contributed by atoms with Gasteiger partial charge in [0.15, 0.2) is 17.7 Å². The maximum atomic E-state index is 12.3. The molecule has 0 radical (unpaired) electrons. The summed E-state index contributed by atoms with van der Waals surface area (Å²) in [5.41, 5.74) is 0.768. The number of aliphatic hydroxyl groups is 4. The number of hydrogen-bond donors (Lipinski definition) is 8. The van der Waals surface area contributed by atoms with Gasteiger partial charge in [0.1, 0.15) is 36.3 Å². The third kappa shape index (κ3) is 5.92. The van der Waals surface area contributed by atoms with E-state index in [1.807, 2.05) is 0 Å². The van der Waals surface area contributed by atoms with E-state index in [0.717, 1.165) is 0 Å². The fourth-order valence-electron chi connectivity index (χ4n) is 3.37. The van der Waals surface area contributed by atoms with Crippen LogP contribution in [0.3, 0.4) is 0 Å². The minimum absolute atomic E-state index is 0.215. The lowest BCUT2D eigenvalue weighted by atomic mass is 9.92. The molecule has 2 aromatic rings. The second-order valence-electron chi connectivity index (χ2n) is 7.42. The predicted octanol–water partition coefficient (Wildman–Crippen LogP) is -2.70. The number of amides is 2. The molecule has 14 nitrogen and oxygen atoms in total. The highest BCUT2D eigenvalue weighted by Crippen LogP contribution is 2.26. The van der Waals surface area contributed by atoms with Crippen molar-refractivity contribution in [2.45, 2.75) is 43.6 Å². The van der Waals surface area contributed by atoms with Crippen molar-refractivity contribution in [2.24, 2.45) is 0 Å². The van der Waals surface area contributed by atoms with E-state index in [1.165, 1.54) is 24.8 Å². The van der Waals surface area contributed by atoms with Crippen LogP contribution in [0.1, 0.15) is 6.92 Å². The average molecular weight is 477 g/mol.